The Hall–Kier alpha value is -2.90. The van der Waals surface area contributed by atoms with Gasteiger partial charge >= 0.3 is 12.1 Å². The highest BCUT2D eigenvalue weighted by atomic mass is 19.4. The second-order valence-electron chi connectivity index (χ2n) is 7.94. The van der Waals surface area contributed by atoms with E-state index in [4.69, 9.17) is 5.11 Å². The molecule has 5 nitrogen and oxygen atoms in total. The Morgan fingerprint density at radius 2 is 1.90 bits per heavy atom. The van der Waals surface area contributed by atoms with Crippen LogP contribution < -0.4 is 0 Å². The van der Waals surface area contributed by atoms with Crippen molar-refractivity contribution in [3.63, 3.8) is 0 Å². The van der Waals surface area contributed by atoms with Crippen LogP contribution >= 0.6 is 0 Å². The molecule has 1 aromatic heterocycles. The molecule has 1 heterocycles. The highest BCUT2D eigenvalue weighted by molar-refractivity contribution is 5.80. The molecule has 0 saturated heterocycles. The first-order chi connectivity index (χ1) is 14.6. The number of halogens is 3. The second-order valence-corrected chi connectivity index (χ2v) is 7.94. The van der Waals surface area contributed by atoms with E-state index in [9.17, 15) is 22.8 Å². The van der Waals surface area contributed by atoms with Gasteiger partial charge in [0.1, 0.15) is 0 Å². The molecule has 0 atom stereocenters. The molecule has 8 heteroatoms. The maximum atomic E-state index is 13.4. The van der Waals surface area contributed by atoms with Crippen LogP contribution in [-0.4, -0.2) is 33.4 Å². The van der Waals surface area contributed by atoms with Gasteiger partial charge in [0.2, 0.25) is 5.91 Å². The standard InChI is InChI=1S/C23H25F3N2O3/c1-3-28(22(31)15-5-4-6-15)13-16-9-14(2)7-8-19(16)20-11-17(23(24,25)26)10-18(27-20)12-21(29)30/h7-11,15H,3-6,12-13H2,1-2H3,(H,29,30). The molecular formula is C23H25F3N2O3. The molecule has 1 aromatic carbocycles. The molecule has 1 N–H and O–H groups in total. The third-order valence-electron chi connectivity index (χ3n) is 5.58. The molecule has 166 valence electrons. The Labute approximate surface area is 178 Å². The summed E-state index contributed by atoms with van der Waals surface area (Å²) in [6.45, 7) is 4.49. The summed E-state index contributed by atoms with van der Waals surface area (Å²) in [6, 6.07) is 6.99. The second kappa shape index (κ2) is 9.08. The minimum absolute atomic E-state index is 0.0158. The van der Waals surface area contributed by atoms with Crippen LogP contribution in [0.3, 0.4) is 0 Å². The van der Waals surface area contributed by atoms with E-state index < -0.39 is 24.1 Å². The van der Waals surface area contributed by atoms with Crippen LogP contribution in [0.5, 0.6) is 0 Å². The largest absolute Gasteiger partial charge is 0.481 e. The van der Waals surface area contributed by atoms with Gasteiger partial charge in [0.25, 0.3) is 0 Å². The normalized spacial score (nSPS) is 14.2. The highest BCUT2D eigenvalue weighted by Gasteiger charge is 2.33. The molecule has 0 unspecified atom stereocenters. The van der Waals surface area contributed by atoms with E-state index in [1.54, 1.807) is 17.0 Å². The molecule has 3 rings (SSSR count). The van der Waals surface area contributed by atoms with E-state index in [0.29, 0.717) is 17.7 Å². The van der Waals surface area contributed by atoms with Crippen molar-refractivity contribution in [1.82, 2.24) is 9.88 Å². The fourth-order valence-corrected chi connectivity index (χ4v) is 3.70. The Balaban J connectivity index is 2.04. The number of amides is 1. The molecule has 1 saturated carbocycles. The number of hydrogen-bond acceptors (Lipinski definition) is 3. The zero-order valence-corrected chi connectivity index (χ0v) is 17.5. The van der Waals surface area contributed by atoms with E-state index in [2.05, 4.69) is 4.98 Å². The van der Waals surface area contributed by atoms with E-state index >= 15 is 0 Å². The Kier molecular flexibility index (Phi) is 6.67. The van der Waals surface area contributed by atoms with Crippen LogP contribution in [0.15, 0.2) is 30.3 Å². The Morgan fingerprint density at radius 1 is 1.19 bits per heavy atom. The maximum Gasteiger partial charge on any atom is 0.416 e. The number of pyridine rings is 1. The zero-order chi connectivity index (χ0) is 22.8. The lowest BCUT2D eigenvalue weighted by Gasteiger charge is -2.31. The highest BCUT2D eigenvalue weighted by Crippen LogP contribution is 2.34. The molecule has 0 bridgehead atoms. The van der Waals surface area contributed by atoms with Crippen LogP contribution in [0, 0.1) is 12.8 Å². The number of aromatic nitrogens is 1. The summed E-state index contributed by atoms with van der Waals surface area (Å²) in [6.07, 6.45) is -2.48. The van der Waals surface area contributed by atoms with Gasteiger partial charge in [-0.15, -0.1) is 0 Å². The third-order valence-corrected chi connectivity index (χ3v) is 5.58. The Morgan fingerprint density at radius 3 is 2.45 bits per heavy atom. The van der Waals surface area contributed by atoms with E-state index in [0.717, 1.165) is 37.0 Å². The van der Waals surface area contributed by atoms with Crippen LogP contribution in [0.25, 0.3) is 11.3 Å². The third kappa shape index (κ3) is 5.42. The summed E-state index contributed by atoms with van der Waals surface area (Å²) >= 11 is 0. The summed E-state index contributed by atoms with van der Waals surface area (Å²) in [5, 5.41) is 9.04. The van der Waals surface area contributed by atoms with Crippen molar-refractivity contribution in [1.29, 1.82) is 0 Å². The van der Waals surface area contributed by atoms with Crippen molar-refractivity contribution < 1.29 is 27.9 Å². The van der Waals surface area contributed by atoms with Crippen molar-refractivity contribution in [3.05, 3.63) is 52.7 Å². The molecular weight excluding hydrogens is 409 g/mol. The smallest absolute Gasteiger partial charge is 0.416 e. The zero-order valence-electron chi connectivity index (χ0n) is 17.5. The van der Waals surface area contributed by atoms with Gasteiger partial charge in [0, 0.05) is 24.6 Å². The number of rotatable bonds is 7. The van der Waals surface area contributed by atoms with E-state index in [1.807, 2.05) is 19.9 Å². The van der Waals surface area contributed by atoms with Gasteiger partial charge in [-0.25, -0.2) is 0 Å². The number of benzene rings is 1. The molecule has 31 heavy (non-hydrogen) atoms. The van der Waals surface area contributed by atoms with Gasteiger partial charge in [-0.2, -0.15) is 13.2 Å². The first kappa shape index (κ1) is 22.8. The molecule has 1 amide bonds. The number of hydrogen-bond donors (Lipinski definition) is 1. The monoisotopic (exact) mass is 434 g/mol. The number of aryl methyl sites for hydroxylation is 1. The van der Waals surface area contributed by atoms with Crippen molar-refractivity contribution in [2.24, 2.45) is 5.92 Å². The molecule has 1 aliphatic rings. The molecule has 1 fully saturated rings. The molecule has 0 radical (unpaired) electrons. The summed E-state index contributed by atoms with van der Waals surface area (Å²) in [7, 11) is 0. The van der Waals surface area contributed by atoms with E-state index in [1.165, 1.54) is 0 Å². The number of carboxylic acid groups (broad SMARTS) is 1. The van der Waals surface area contributed by atoms with Crippen molar-refractivity contribution in [2.75, 3.05) is 6.54 Å². The van der Waals surface area contributed by atoms with E-state index in [-0.39, 0.29) is 29.8 Å². The summed E-state index contributed by atoms with van der Waals surface area (Å²) in [4.78, 5) is 29.8. The Bertz CT molecular complexity index is 985. The van der Waals surface area contributed by atoms with Gasteiger partial charge in [0.15, 0.2) is 0 Å². The molecule has 1 aliphatic carbocycles. The maximum absolute atomic E-state index is 13.4. The number of carbonyl (C=O) groups is 2. The van der Waals surface area contributed by atoms with Crippen LogP contribution in [0.2, 0.25) is 0 Å². The average Bonchev–Trinajstić information content (AvgIpc) is 2.63. The number of carbonyl (C=O) groups excluding carboxylic acids is 1. The quantitative estimate of drug-likeness (QED) is 0.676. The topological polar surface area (TPSA) is 70.5 Å². The summed E-state index contributed by atoms with van der Waals surface area (Å²) in [5.74, 6) is -1.18. The summed E-state index contributed by atoms with van der Waals surface area (Å²) in [5.41, 5.74) is 0.989. The first-order valence-corrected chi connectivity index (χ1v) is 10.3. The molecule has 0 spiro atoms. The first-order valence-electron chi connectivity index (χ1n) is 10.3. The minimum atomic E-state index is -4.63. The number of aliphatic carboxylic acids is 1. The fourth-order valence-electron chi connectivity index (χ4n) is 3.70. The van der Waals surface area contributed by atoms with Crippen LogP contribution in [0.4, 0.5) is 13.2 Å². The van der Waals surface area contributed by atoms with Gasteiger partial charge in [-0.1, -0.05) is 30.2 Å². The number of nitrogens with zero attached hydrogens (tertiary/aromatic N) is 2. The lowest BCUT2D eigenvalue weighted by atomic mass is 9.84. The lowest BCUT2D eigenvalue weighted by molar-refractivity contribution is -0.139. The SMILES string of the molecule is CCN(Cc1cc(C)ccc1-c1cc(C(F)(F)F)cc(CC(=O)O)n1)C(=O)C1CCC1. The predicted molar refractivity (Wildman–Crippen MR) is 109 cm³/mol. The fraction of sp³-hybridized carbons (Fsp3) is 0.435. The van der Waals surface area contributed by atoms with Crippen molar-refractivity contribution in [3.8, 4) is 11.3 Å². The predicted octanol–water partition coefficient (Wildman–Crippen LogP) is 4.85. The average molecular weight is 434 g/mol. The van der Waals surface area contributed by atoms with Crippen LogP contribution in [-0.2, 0) is 28.7 Å². The van der Waals surface area contributed by atoms with Gasteiger partial charge in [-0.05, 0) is 44.4 Å². The van der Waals surface area contributed by atoms with Crippen molar-refractivity contribution >= 4 is 11.9 Å². The number of carboxylic acids is 1. The minimum Gasteiger partial charge on any atom is -0.481 e. The van der Waals surface area contributed by atoms with Crippen LogP contribution in [0.1, 0.15) is 48.6 Å². The molecule has 0 aliphatic heterocycles. The van der Waals surface area contributed by atoms with Gasteiger partial charge in [-0.3, -0.25) is 14.6 Å². The van der Waals surface area contributed by atoms with Gasteiger partial charge in [0.05, 0.1) is 23.4 Å². The lowest BCUT2D eigenvalue weighted by Crippen LogP contribution is -2.38. The van der Waals surface area contributed by atoms with Crippen molar-refractivity contribution in [2.45, 2.75) is 52.3 Å². The number of alkyl halides is 3. The van der Waals surface area contributed by atoms with Gasteiger partial charge < -0.3 is 10.0 Å². The molecule has 2 aromatic rings. The summed E-state index contributed by atoms with van der Waals surface area (Å²) < 4.78 is 40.3.